The van der Waals surface area contributed by atoms with Gasteiger partial charge < -0.3 is 9.64 Å². The molecule has 2 aromatic heterocycles. The van der Waals surface area contributed by atoms with Crippen LogP contribution in [0.25, 0.3) is 5.95 Å². The Morgan fingerprint density at radius 3 is 2.40 bits per heavy atom. The molecule has 2 atom stereocenters. The molecule has 190 valence electrons. The van der Waals surface area contributed by atoms with Crippen LogP contribution in [0.2, 0.25) is 0 Å². The number of rotatable bonds is 4. The van der Waals surface area contributed by atoms with E-state index in [2.05, 4.69) is 15.1 Å². The van der Waals surface area contributed by atoms with Crippen LogP contribution in [0, 0.1) is 6.92 Å². The van der Waals surface area contributed by atoms with Crippen LogP contribution in [-0.2, 0) is 17.6 Å². The van der Waals surface area contributed by atoms with Crippen molar-refractivity contribution in [3.63, 3.8) is 0 Å². The highest BCUT2D eigenvalue weighted by atomic mass is 16.6. The number of fused-ring (bicyclic) bond motifs is 1. The van der Waals surface area contributed by atoms with Gasteiger partial charge in [0.15, 0.2) is 0 Å². The van der Waals surface area contributed by atoms with Crippen LogP contribution in [0.15, 0.2) is 11.0 Å². The van der Waals surface area contributed by atoms with Crippen LogP contribution >= 0.6 is 0 Å². The van der Waals surface area contributed by atoms with Crippen molar-refractivity contribution in [2.75, 3.05) is 13.1 Å². The van der Waals surface area contributed by atoms with Crippen molar-refractivity contribution in [3.8, 4) is 5.95 Å². The highest BCUT2D eigenvalue weighted by molar-refractivity contribution is 5.95. The van der Waals surface area contributed by atoms with Gasteiger partial charge in [0, 0.05) is 18.7 Å². The first-order valence-electron chi connectivity index (χ1n) is 12.5. The molecule has 1 N–H and O–H groups in total. The van der Waals surface area contributed by atoms with E-state index in [0.717, 1.165) is 30.5 Å². The van der Waals surface area contributed by atoms with Crippen molar-refractivity contribution >= 4 is 12.0 Å². The molecule has 0 saturated carbocycles. The Hall–Kier alpha value is -3.17. The number of carbonyl (C=O) groups excluding carboxylic acids is 2. The number of carbonyl (C=O) groups is 2. The highest BCUT2D eigenvalue weighted by Gasteiger charge is 2.40. The van der Waals surface area contributed by atoms with Crippen LogP contribution in [0.1, 0.15) is 81.2 Å². The molecule has 35 heavy (non-hydrogen) atoms. The molecular weight excluding hydrogens is 448 g/mol. The normalized spacial score (nSPS) is 20.2. The van der Waals surface area contributed by atoms with E-state index < -0.39 is 5.60 Å². The largest absolute Gasteiger partial charge is 0.444 e. The Balaban J connectivity index is 1.58. The first-order chi connectivity index (χ1) is 16.5. The molecule has 4 rings (SSSR count). The lowest BCUT2D eigenvalue weighted by Crippen LogP contribution is -2.62. The number of aryl methyl sites for hydroxylation is 1. The predicted molar refractivity (Wildman–Crippen MR) is 131 cm³/mol. The molecule has 1 aliphatic carbocycles. The van der Waals surface area contributed by atoms with Crippen molar-refractivity contribution in [1.82, 2.24) is 29.5 Å². The van der Waals surface area contributed by atoms with E-state index >= 15 is 0 Å². The fraction of sp³-hybridized carbons (Fsp3) is 0.640. The monoisotopic (exact) mass is 484 g/mol. The van der Waals surface area contributed by atoms with Gasteiger partial charge in [-0.1, -0.05) is 13.8 Å². The summed E-state index contributed by atoms with van der Waals surface area (Å²) < 4.78 is 7.20. The zero-order valence-corrected chi connectivity index (χ0v) is 21.6. The Labute approximate surface area is 205 Å². The van der Waals surface area contributed by atoms with Crippen LogP contribution in [0.4, 0.5) is 4.79 Å². The third kappa shape index (κ3) is 4.83. The average molecular weight is 485 g/mol. The maximum Gasteiger partial charge on any atom is 0.410 e. The molecular formula is C25H36N6O4. The second-order valence-electron chi connectivity index (χ2n) is 10.4. The standard InChI is InChI=1S/C25H36N6O4/c1-7-16-13-29(14-17(8-2)30(16)24(34)35-25(4,5)6)22(33)19-12-26-31(15(19)3)23-27-20-11-9-10-18(20)21(32)28-23/h12,16-17H,7-11,13-14H2,1-6H3,(H,27,28,32). The second-order valence-corrected chi connectivity index (χ2v) is 10.4. The van der Waals surface area contributed by atoms with E-state index in [4.69, 9.17) is 4.74 Å². The predicted octanol–water partition coefficient (Wildman–Crippen LogP) is 3.00. The lowest BCUT2D eigenvalue weighted by atomic mass is 10.0. The quantitative estimate of drug-likeness (QED) is 0.714. The van der Waals surface area contributed by atoms with Gasteiger partial charge in [0.1, 0.15) is 5.60 Å². The van der Waals surface area contributed by atoms with Gasteiger partial charge in [-0.15, -0.1) is 0 Å². The molecule has 0 bridgehead atoms. The van der Waals surface area contributed by atoms with Crippen LogP contribution < -0.4 is 5.56 Å². The van der Waals surface area contributed by atoms with Gasteiger partial charge in [-0.2, -0.15) is 5.10 Å². The highest BCUT2D eigenvalue weighted by Crippen LogP contribution is 2.26. The van der Waals surface area contributed by atoms with Crippen LogP contribution in [0.3, 0.4) is 0 Å². The number of hydrogen-bond donors (Lipinski definition) is 1. The van der Waals surface area contributed by atoms with E-state index in [1.54, 1.807) is 11.8 Å². The SMILES string of the molecule is CCC1CN(C(=O)c2cnn(-c3nc4c(c(=O)[nH]3)CCC4)c2C)CC(CC)N1C(=O)OC(C)(C)C. The average Bonchev–Trinajstić information content (AvgIpc) is 3.43. The van der Waals surface area contributed by atoms with Gasteiger partial charge in [0.25, 0.3) is 11.5 Å². The summed E-state index contributed by atoms with van der Waals surface area (Å²) in [6, 6.07) is -0.282. The molecule has 2 amide bonds. The first-order valence-corrected chi connectivity index (χ1v) is 12.5. The van der Waals surface area contributed by atoms with Gasteiger partial charge >= 0.3 is 6.09 Å². The molecule has 1 fully saturated rings. The zero-order valence-electron chi connectivity index (χ0n) is 21.6. The van der Waals surface area contributed by atoms with Crippen LogP contribution in [0.5, 0.6) is 0 Å². The third-order valence-corrected chi connectivity index (χ3v) is 6.85. The van der Waals surface area contributed by atoms with Gasteiger partial charge in [-0.3, -0.25) is 19.5 Å². The van der Waals surface area contributed by atoms with Crippen molar-refractivity contribution in [2.45, 2.75) is 91.3 Å². The maximum absolute atomic E-state index is 13.6. The van der Waals surface area contributed by atoms with Gasteiger partial charge in [-0.25, -0.2) is 14.5 Å². The number of amides is 2. The summed E-state index contributed by atoms with van der Waals surface area (Å²) in [6.07, 6.45) is 5.05. The van der Waals surface area contributed by atoms with E-state index in [9.17, 15) is 14.4 Å². The molecule has 10 heteroatoms. The second kappa shape index (κ2) is 9.47. The van der Waals surface area contributed by atoms with Gasteiger partial charge in [0.2, 0.25) is 5.95 Å². The smallest absolute Gasteiger partial charge is 0.410 e. The summed E-state index contributed by atoms with van der Waals surface area (Å²) in [5.74, 6) is 0.192. The summed E-state index contributed by atoms with van der Waals surface area (Å²) in [7, 11) is 0. The summed E-state index contributed by atoms with van der Waals surface area (Å²) in [5, 5.41) is 4.38. The van der Waals surface area contributed by atoms with Gasteiger partial charge in [-0.05, 0) is 59.8 Å². The topological polar surface area (TPSA) is 113 Å². The molecule has 10 nitrogen and oxygen atoms in total. The molecule has 1 aliphatic heterocycles. The molecule has 1 saturated heterocycles. The van der Waals surface area contributed by atoms with Crippen molar-refractivity contribution in [3.05, 3.63) is 39.1 Å². The van der Waals surface area contributed by atoms with E-state index in [1.807, 2.05) is 39.5 Å². The molecule has 2 unspecified atom stereocenters. The van der Waals surface area contributed by atoms with Crippen molar-refractivity contribution in [2.24, 2.45) is 0 Å². The minimum Gasteiger partial charge on any atom is -0.444 e. The molecule has 2 aromatic rings. The first kappa shape index (κ1) is 24.9. The molecule has 0 radical (unpaired) electrons. The van der Waals surface area contributed by atoms with E-state index in [0.29, 0.717) is 43.1 Å². The lowest BCUT2D eigenvalue weighted by Gasteiger charge is -2.46. The molecule has 0 spiro atoms. The minimum absolute atomic E-state index is 0.139. The lowest BCUT2D eigenvalue weighted by molar-refractivity contribution is -0.0206. The van der Waals surface area contributed by atoms with Crippen molar-refractivity contribution < 1.29 is 14.3 Å². The number of H-pyrrole nitrogens is 1. The molecule has 3 heterocycles. The Morgan fingerprint density at radius 1 is 1.14 bits per heavy atom. The van der Waals surface area contributed by atoms with Crippen LogP contribution in [-0.4, -0.2) is 72.3 Å². The van der Waals surface area contributed by atoms with Crippen molar-refractivity contribution in [1.29, 1.82) is 0 Å². The Bertz CT molecular complexity index is 1160. The number of nitrogens with zero attached hydrogens (tertiary/aromatic N) is 5. The Morgan fingerprint density at radius 2 is 1.80 bits per heavy atom. The number of aromatic amines is 1. The number of nitrogens with one attached hydrogen (secondary N) is 1. The van der Waals surface area contributed by atoms with E-state index in [1.165, 1.54) is 10.9 Å². The number of hydrogen-bond acceptors (Lipinski definition) is 6. The van der Waals surface area contributed by atoms with Gasteiger partial charge in [0.05, 0.1) is 35.2 Å². The van der Waals surface area contributed by atoms with E-state index in [-0.39, 0.29) is 29.6 Å². The summed E-state index contributed by atoms with van der Waals surface area (Å²) in [6.45, 7) is 12.2. The molecule has 0 aromatic carbocycles. The Kier molecular flexibility index (Phi) is 6.75. The zero-order chi connectivity index (χ0) is 25.5. The summed E-state index contributed by atoms with van der Waals surface area (Å²) in [5.41, 5.74) is 1.91. The maximum atomic E-state index is 13.6. The third-order valence-electron chi connectivity index (χ3n) is 6.85. The summed E-state index contributed by atoms with van der Waals surface area (Å²) >= 11 is 0. The fourth-order valence-electron chi connectivity index (χ4n) is 5.02. The number of ether oxygens (including phenoxy) is 1. The molecule has 2 aliphatic rings. The fourth-order valence-corrected chi connectivity index (χ4v) is 5.02. The minimum atomic E-state index is -0.584. The number of piperazine rings is 1. The summed E-state index contributed by atoms with van der Waals surface area (Å²) in [4.78, 5) is 50.1. The number of aromatic nitrogens is 4.